The highest BCUT2D eigenvalue weighted by Gasteiger charge is 2.10. The van der Waals surface area contributed by atoms with Crippen LogP contribution in [-0.4, -0.2) is 19.1 Å². The highest BCUT2D eigenvalue weighted by molar-refractivity contribution is 7.17. The summed E-state index contributed by atoms with van der Waals surface area (Å²) in [4.78, 5) is 16.4. The zero-order valence-electron chi connectivity index (χ0n) is 9.03. The lowest BCUT2D eigenvalue weighted by molar-refractivity contribution is 0.728. The summed E-state index contributed by atoms with van der Waals surface area (Å²) < 4.78 is 5.93. The number of rotatable bonds is 3. The second-order valence-corrected chi connectivity index (χ2v) is 5.18. The molecule has 0 radical (unpaired) electrons. The third-order valence-corrected chi connectivity index (χ3v) is 4.03. The first kappa shape index (κ1) is 11.3. The minimum Gasteiger partial charge on any atom is -0.313 e. The molecule has 3 aromatic rings. The smallest absolute Gasteiger partial charge is 0.271 e. The number of nitrogens with zero attached hydrogens (tertiary/aromatic N) is 4. The fourth-order valence-electron chi connectivity index (χ4n) is 1.57. The first-order chi connectivity index (χ1) is 8.79. The van der Waals surface area contributed by atoms with E-state index in [4.69, 9.17) is 5.84 Å². The Kier molecular flexibility index (Phi) is 2.78. The van der Waals surface area contributed by atoms with Crippen molar-refractivity contribution < 1.29 is 0 Å². The van der Waals surface area contributed by atoms with Crippen LogP contribution in [-0.2, 0) is 6.54 Å². The van der Waals surface area contributed by atoms with Crippen molar-refractivity contribution in [1.29, 1.82) is 0 Å². The van der Waals surface area contributed by atoms with Gasteiger partial charge in [-0.15, -0.1) is 16.4 Å². The van der Waals surface area contributed by atoms with Gasteiger partial charge in [-0.2, -0.15) is 0 Å². The first-order valence-electron chi connectivity index (χ1n) is 5.00. The fraction of sp³-hybridized carbons (Fsp3) is 0.111. The molecule has 0 bridgehead atoms. The zero-order valence-corrected chi connectivity index (χ0v) is 10.7. The lowest BCUT2D eigenvalue weighted by Gasteiger charge is -2.03. The molecule has 0 aromatic carbocycles. The fourth-order valence-corrected chi connectivity index (χ4v) is 2.85. The number of hydrogen-bond donors (Lipinski definition) is 2. The number of nitrogens with two attached hydrogens (primary N) is 1. The second kappa shape index (κ2) is 4.44. The second-order valence-electron chi connectivity index (χ2n) is 3.51. The predicted octanol–water partition coefficient (Wildman–Crippen LogP) is 0.643. The van der Waals surface area contributed by atoms with Crippen molar-refractivity contribution in [2.75, 3.05) is 5.43 Å². The molecule has 0 aliphatic carbocycles. The molecule has 0 spiro atoms. The van der Waals surface area contributed by atoms with E-state index in [2.05, 4.69) is 20.0 Å². The molecule has 7 nitrogen and oxygen atoms in total. The monoisotopic (exact) mass is 280 g/mol. The number of anilines is 1. The molecule has 3 heterocycles. The summed E-state index contributed by atoms with van der Waals surface area (Å²) in [5, 5.41) is 6.43. The number of nitrogens with one attached hydrogen (secondary N) is 1. The summed E-state index contributed by atoms with van der Waals surface area (Å²) in [6.45, 7) is 0.301. The van der Waals surface area contributed by atoms with Crippen molar-refractivity contribution in [3.63, 3.8) is 0 Å². The van der Waals surface area contributed by atoms with Gasteiger partial charge in [0, 0.05) is 11.5 Å². The molecule has 0 amide bonds. The van der Waals surface area contributed by atoms with Crippen LogP contribution in [0.5, 0.6) is 0 Å². The molecule has 0 unspecified atom stereocenters. The molecule has 18 heavy (non-hydrogen) atoms. The number of nitrogen functional groups attached to an aromatic ring is 1. The Labute approximate surface area is 109 Å². The van der Waals surface area contributed by atoms with Crippen molar-refractivity contribution in [2.24, 2.45) is 5.84 Å². The Morgan fingerprint density at radius 3 is 3.22 bits per heavy atom. The lowest BCUT2D eigenvalue weighted by Crippen LogP contribution is -2.21. The van der Waals surface area contributed by atoms with Crippen LogP contribution < -0.4 is 16.8 Å². The van der Waals surface area contributed by atoms with Gasteiger partial charge in [0.05, 0.1) is 18.4 Å². The number of thiophene rings is 1. The third-order valence-electron chi connectivity index (χ3n) is 2.44. The van der Waals surface area contributed by atoms with Crippen LogP contribution in [0.25, 0.3) is 10.2 Å². The molecule has 0 aliphatic heterocycles. The minimum atomic E-state index is -0.0778. The highest BCUT2D eigenvalue weighted by Crippen LogP contribution is 2.17. The van der Waals surface area contributed by atoms with E-state index in [1.165, 1.54) is 22.2 Å². The zero-order chi connectivity index (χ0) is 12.5. The first-order valence-corrected chi connectivity index (χ1v) is 6.65. The van der Waals surface area contributed by atoms with Gasteiger partial charge in [0.2, 0.25) is 0 Å². The summed E-state index contributed by atoms with van der Waals surface area (Å²) in [6, 6.07) is 1.82. The van der Waals surface area contributed by atoms with E-state index in [0.29, 0.717) is 21.9 Å². The predicted molar refractivity (Wildman–Crippen MR) is 70.7 cm³/mol. The maximum atomic E-state index is 12.2. The summed E-state index contributed by atoms with van der Waals surface area (Å²) in [5.74, 6) is 5.34. The molecule has 0 saturated heterocycles. The van der Waals surface area contributed by atoms with E-state index in [1.807, 2.05) is 11.4 Å². The largest absolute Gasteiger partial charge is 0.313 e. The van der Waals surface area contributed by atoms with Crippen molar-refractivity contribution in [3.05, 3.63) is 33.8 Å². The van der Waals surface area contributed by atoms with E-state index < -0.39 is 0 Å². The van der Waals surface area contributed by atoms with Gasteiger partial charge < -0.3 is 5.43 Å². The highest BCUT2D eigenvalue weighted by atomic mass is 32.1. The molecule has 9 heteroatoms. The molecule has 0 fully saturated rings. The molecular weight excluding hydrogens is 272 g/mol. The lowest BCUT2D eigenvalue weighted by atomic mass is 10.4. The summed E-state index contributed by atoms with van der Waals surface area (Å²) in [6.07, 6.45) is 1.51. The van der Waals surface area contributed by atoms with E-state index >= 15 is 0 Å². The van der Waals surface area contributed by atoms with Crippen LogP contribution >= 0.6 is 22.9 Å². The van der Waals surface area contributed by atoms with Gasteiger partial charge in [0.15, 0.2) is 0 Å². The van der Waals surface area contributed by atoms with Gasteiger partial charge in [0.25, 0.3) is 5.56 Å². The number of hydrogen-bond acceptors (Lipinski definition) is 8. The molecule has 0 saturated carbocycles. The van der Waals surface area contributed by atoms with E-state index in [0.717, 1.165) is 17.0 Å². The molecule has 92 valence electrons. The molecular formula is C9H8N6OS2. The Morgan fingerprint density at radius 1 is 1.50 bits per heavy atom. The van der Waals surface area contributed by atoms with Gasteiger partial charge in [-0.05, 0) is 11.4 Å². The van der Waals surface area contributed by atoms with E-state index in [1.54, 1.807) is 0 Å². The summed E-state index contributed by atoms with van der Waals surface area (Å²) >= 11 is 2.53. The molecule has 0 aliphatic rings. The SMILES string of the molecule is NNc1snnc1Cn1cnc2ccsc2c1=O. The number of fused-ring (bicyclic) bond motifs is 1. The van der Waals surface area contributed by atoms with Gasteiger partial charge in [0.1, 0.15) is 15.4 Å². The number of hydrazine groups is 1. The average molecular weight is 280 g/mol. The van der Waals surface area contributed by atoms with Crippen LogP contribution in [0.2, 0.25) is 0 Å². The number of aromatic nitrogens is 4. The van der Waals surface area contributed by atoms with Crippen molar-refractivity contribution in [1.82, 2.24) is 19.1 Å². The normalized spacial score (nSPS) is 10.9. The van der Waals surface area contributed by atoms with E-state index in [9.17, 15) is 4.79 Å². The van der Waals surface area contributed by atoms with Gasteiger partial charge in [-0.3, -0.25) is 9.36 Å². The van der Waals surface area contributed by atoms with Gasteiger partial charge >= 0.3 is 0 Å². The Bertz CT molecular complexity index is 745. The standard InChI is InChI=1S/C9H8N6OS2/c10-12-8-6(13-14-18-8)3-15-4-11-5-1-2-17-7(5)9(15)16/h1-2,4,12H,3,10H2. The Balaban J connectivity index is 2.05. The van der Waals surface area contributed by atoms with Crippen molar-refractivity contribution in [2.45, 2.75) is 6.54 Å². The minimum absolute atomic E-state index is 0.0778. The quantitative estimate of drug-likeness (QED) is 0.539. The summed E-state index contributed by atoms with van der Waals surface area (Å²) in [5.41, 5.74) is 3.77. The maximum absolute atomic E-state index is 12.2. The summed E-state index contributed by atoms with van der Waals surface area (Å²) in [7, 11) is 0. The molecule has 3 rings (SSSR count). The van der Waals surface area contributed by atoms with Crippen LogP contribution in [0.4, 0.5) is 5.00 Å². The Morgan fingerprint density at radius 2 is 2.39 bits per heavy atom. The van der Waals surface area contributed by atoms with Gasteiger partial charge in [-0.1, -0.05) is 4.49 Å². The van der Waals surface area contributed by atoms with Crippen LogP contribution in [0.1, 0.15) is 5.69 Å². The topological polar surface area (TPSA) is 98.7 Å². The van der Waals surface area contributed by atoms with Gasteiger partial charge in [-0.25, -0.2) is 10.8 Å². The average Bonchev–Trinajstić information content (AvgIpc) is 3.01. The maximum Gasteiger partial charge on any atom is 0.271 e. The van der Waals surface area contributed by atoms with Crippen molar-refractivity contribution >= 4 is 38.1 Å². The van der Waals surface area contributed by atoms with Crippen LogP contribution in [0, 0.1) is 0 Å². The van der Waals surface area contributed by atoms with Crippen LogP contribution in [0.3, 0.4) is 0 Å². The van der Waals surface area contributed by atoms with E-state index in [-0.39, 0.29) is 5.56 Å². The molecule has 0 atom stereocenters. The van der Waals surface area contributed by atoms with Crippen molar-refractivity contribution in [3.8, 4) is 0 Å². The third kappa shape index (κ3) is 1.78. The Hall–Kier alpha value is -1.84. The molecule has 3 aromatic heterocycles. The van der Waals surface area contributed by atoms with Crippen LogP contribution in [0.15, 0.2) is 22.6 Å². The molecule has 3 N–H and O–H groups in total.